The van der Waals surface area contributed by atoms with Crippen LogP contribution in [0.2, 0.25) is 0 Å². The number of hydrogen-bond donors (Lipinski definition) is 3. The molecular weight excluding hydrogens is 524 g/mol. The van der Waals surface area contributed by atoms with E-state index in [0.29, 0.717) is 18.7 Å². The molecule has 1 atom stereocenters. The fourth-order valence-electron chi connectivity index (χ4n) is 5.29. The number of sulfone groups is 1. The Labute approximate surface area is 218 Å². The second kappa shape index (κ2) is 10.6. The number of fused-ring (bicyclic) bond motifs is 1. The van der Waals surface area contributed by atoms with Crippen molar-refractivity contribution in [2.24, 2.45) is 16.3 Å². The molecule has 1 saturated carbocycles. The smallest absolute Gasteiger partial charge is 0.359 e. The lowest BCUT2D eigenvalue weighted by atomic mass is 9.90. The zero-order valence-corrected chi connectivity index (χ0v) is 21.7. The summed E-state index contributed by atoms with van der Waals surface area (Å²) >= 11 is 0. The van der Waals surface area contributed by atoms with Crippen LogP contribution >= 0.6 is 0 Å². The number of allylic oxidation sites excluding steroid dienone is 3. The lowest BCUT2D eigenvalue weighted by molar-refractivity contribution is -0.127. The van der Waals surface area contributed by atoms with Gasteiger partial charge in [-0.3, -0.25) is 10.2 Å². The number of alkyl halides is 3. The molecule has 7 nitrogen and oxygen atoms in total. The van der Waals surface area contributed by atoms with Gasteiger partial charge < -0.3 is 10.6 Å². The number of carbonyl (C=O) groups excluding carboxylic acids is 1. The lowest BCUT2D eigenvalue weighted by Crippen LogP contribution is -2.34. The molecule has 12 heteroatoms. The summed E-state index contributed by atoms with van der Waals surface area (Å²) in [4.78, 5) is 15.3. The molecule has 2 aliphatic heterocycles. The van der Waals surface area contributed by atoms with E-state index in [0.717, 1.165) is 42.2 Å². The van der Waals surface area contributed by atoms with Gasteiger partial charge in [0.25, 0.3) is 0 Å². The Balaban J connectivity index is 0.000000236. The van der Waals surface area contributed by atoms with Gasteiger partial charge in [-0.15, -0.1) is 0 Å². The van der Waals surface area contributed by atoms with E-state index in [4.69, 9.17) is 5.41 Å². The van der Waals surface area contributed by atoms with Crippen molar-refractivity contribution >= 4 is 27.9 Å². The maximum absolute atomic E-state index is 12.8. The van der Waals surface area contributed by atoms with Gasteiger partial charge in [-0.2, -0.15) is 17.6 Å². The number of aliphatic imine (C=N–C) groups is 1. The van der Waals surface area contributed by atoms with Crippen LogP contribution in [0.15, 0.2) is 52.4 Å². The van der Waals surface area contributed by atoms with E-state index in [1.807, 2.05) is 0 Å². The minimum atomic E-state index is -4.21. The average Bonchev–Trinajstić information content (AvgIpc) is 3.55. The van der Waals surface area contributed by atoms with Crippen LogP contribution in [-0.4, -0.2) is 51.2 Å². The number of amides is 1. The third-order valence-corrected chi connectivity index (χ3v) is 9.18. The summed E-state index contributed by atoms with van der Waals surface area (Å²) in [5.41, 5.74) is 3.26. The highest BCUT2D eigenvalue weighted by atomic mass is 32.2. The molecular formula is C26H30F4N4O3S. The second-order valence-electron chi connectivity index (χ2n) is 10.2. The van der Waals surface area contributed by atoms with E-state index >= 15 is 0 Å². The van der Waals surface area contributed by atoms with Crippen molar-refractivity contribution in [1.82, 2.24) is 10.6 Å². The molecule has 0 bridgehead atoms. The van der Waals surface area contributed by atoms with Crippen molar-refractivity contribution < 1.29 is 30.8 Å². The fraction of sp³-hybridized carbons (Fsp3) is 0.500. The van der Waals surface area contributed by atoms with E-state index < -0.39 is 28.4 Å². The van der Waals surface area contributed by atoms with Gasteiger partial charge in [-0.25, -0.2) is 13.4 Å². The lowest BCUT2D eigenvalue weighted by Gasteiger charge is -2.19. The Morgan fingerprint density at radius 2 is 1.84 bits per heavy atom. The molecule has 0 radical (unpaired) electrons. The van der Waals surface area contributed by atoms with E-state index in [1.54, 1.807) is 25.4 Å². The molecule has 1 aromatic carbocycles. The first-order chi connectivity index (χ1) is 17.8. The molecule has 2 aliphatic carbocycles. The van der Waals surface area contributed by atoms with Crippen molar-refractivity contribution in [2.45, 2.75) is 50.6 Å². The number of nitrogens with zero attached hydrogens (tertiary/aromatic N) is 1. The third kappa shape index (κ3) is 6.69. The summed E-state index contributed by atoms with van der Waals surface area (Å²) in [6, 6.07) is 6.58. The number of hydrogen-bond acceptors (Lipinski definition) is 6. The van der Waals surface area contributed by atoms with E-state index in [2.05, 4.69) is 15.6 Å². The Morgan fingerprint density at radius 3 is 2.37 bits per heavy atom. The van der Waals surface area contributed by atoms with Crippen LogP contribution < -0.4 is 10.6 Å². The molecule has 1 saturated heterocycles. The van der Waals surface area contributed by atoms with Crippen molar-refractivity contribution in [3.05, 3.63) is 58.6 Å². The highest BCUT2D eigenvalue weighted by molar-refractivity contribution is 7.91. The molecule has 2 heterocycles. The van der Waals surface area contributed by atoms with E-state index in [-0.39, 0.29) is 40.2 Å². The molecule has 3 N–H and O–H groups in total. The molecule has 38 heavy (non-hydrogen) atoms. The minimum Gasteiger partial charge on any atom is -0.359 e. The fourth-order valence-corrected chi connectivity index (χ4v) is 6.78. The summed E-state index contributed by atoms with van der Waals surface area (Å²) in [7, 11) is -1.26. The predicted molar refractivity (Wildman–Crippen MR) is 136 cm³/mol. The largest absolute Gasteiger partial charge is 0.393 e. The van der Waals surface area contributed by atoms with Gasteiger partial charge in [-0.05, 0) is 48.8 Å². The van der Waals surface area contributed by atoms with Gasteiger partial charge in [0.2, 0.25) is 11.9 Å². The predicted octanol–water partition coefficient (Wildman–Crippen LogP) is 4.33. The molecule has 1 amide bonds. The highest BCUT2D eigenvalue weighted by Gasteiger charge is 2.54. The maximum Gasteiger partial charge on any atom is 0.393 e. The van der Waals surface area contributed by atoms with E-state index in [9.17, 15) is 30.8 Å². The SMILES string of the molecule is CNC(=O)C1CCS(=O)(=O)CC1.N=C(F)/C=C1/N=CC2=C(N1)C1(CC1)CC2c1ccc(CC(F)(F)F)cc1. The molecule has 1 unspecified atom stereocenters. The van der Waals surface area contributed by atoms with Crippen LogP contribution in [0.25, 0.3) is 0 Å². The van der Waals surface area contributed by atoms with E-state index in [1.165, 1.54) is 12.1 Å². The summed E-state index contributed by atoms with van der Waals surface area (Å²) in [5.74, 6) is -0.508. The number of rotatable bonds is 4. The van der Waals surface area contributed by atoms with Crippen molar-refractivity contribution in [3.63, 3.8) is 0 Å². The van der Waals surface area contributed by atoms with Crippen LogP contribution in [-0.2, 0) is 21.1 Å². The normalized spacial score (nSPS) is 24.3. The zero-order chi connectivity index (χ0) is 27.7. The van der Waals surface area contributed by atoms with Crippen LogP contribution in [0.4, 0.5) is 17.6 Å². The Bertz CT molecular complexity index is 1280. The highest BCUT2D eigenvalue weighted by Crippen LogP contribution is 2.64. The summed E-state index contributed by atoms with van der Waals surface area (Å²) in [5, 5.41) is 12.6. The summed E-state index contributed by atoms with van der Waals surface area (Å²) in [6.45, 7) is 0. The summed E-state index contributed by atoms with van der Waals surface area (Å²) in [6.07, 6.45) is 1.46. The molecule has 1 spiro atoms. The average molecular weight is 555 g/mol. The van der Waals surface area contributed by atoms with Gasteiger partial charge in [0.1, 0.15) is 15.7 Å². The Morgan fingerprint density at radius 1 is 1.21 bits per heavy atom. The molecule has 0 aromatic heterocycles. The number of carbonyl (C=O) groups is 1. The van der Waals surface area contributed by atoms with Crippen LogP contribution in [0.5, 0.6) is 0 Å². The molecule has 5 rings (SSSR count). The monoisotopic (exact) mass is 554 g/mol. The van der Waals surface area contributed by atoms with Crippen LogP contribution in [0, 0.1) is 16.7 Å². The Kier molecular flexibility index (Phi) is 7.83. The van der Waals surface area contributed by atoms with Gasteiger partial charge in [0.15, 0.2) is 0 Å². The van der Waals surface area contributed by atoms with Gasteiger partial charge in [0.05, 0.1) is 17.9 Å². The first kappa shape index (κ1) is 28.0. The molecule has 206 valence electrons. The maximum atomic E-state index is 12.8. The molecule has 1 aromatic rings. The molecule has 2 fully saturated rings. The standard InChI is InChI=1S/C19H17F4N3.C7H13NO3S/c20-15(24)7-16-25-10-14-13(9-18(5-6-18)17(14)26-16)12-3-1-11(2-4-12)8-19(21,22)23;1-8-7(9)6-2-4-12(10,11)5-3-6/h1-4,7,10,13,24,26H,5-6,8-9H2;6H,2-5H2,1H3,(H,8,9)/b16-7-,24-15?;. The summed E-state index contributed by atoms with van der Waals surface area (Å²) < 4.78 is 72.3. The van der Waals surface area contributed by atoms with Gasteiger partial charge in [0, 0.05) is 42.3 Å². The second-order valence-corrected chi connectivity index (χ2v) is 12.5. The Hall–Kier alpha value is -3.02. The van der Waals surface area contributed by atoms with Crippen molar-refractivity contribution in [2.75, 3.05) is 18.6 Å². The number of benzene rings is 1. The van der Waals surface area contributed by atoms with Crippen LogP contribution in [0.1, 0.15) is 49.1 Å². The van der Waals surface area contributed by atoms with Gasteiger partial charge >= 0.3 is 6.18 Å². The topological polar surface area (TPSA) is 111 Å². The minimum absolute atomic E-state index is 0.0225. The van der Waals surface area contributed by atoms with Crippen LogP contribution in [0.3, 0.4) is 0 Å². The number of halogens is 4. The first-order valence-corrected chi connectivity index (χ1v) is 14.2. The zero-order valence-electron chi connectivity index (χ0n) is 20.9. The van der Waals surface area contributed by atoms with Crippen molar-refractivity contribution in [3.8, 4) is 0 Å². The first-order valence-electron chi connectivity index (χ1n) is 12.4. The number of nitrogens with one attached hydrogen (secondary N) is 3. The molecule has 4 aliphatic rings. The van der Waals surface area contributed by atoms with Gasteiger partial charge in [-0.1, -0.05) is 24.3 Å². The quantitative estimate of drug-likeness (QED) is 0.380. The van der Waals surface area contributed by atoms with Crippen molar-refractivity contribution in [1.29, 1.82) is 5.41 Å². The third-order valence-electron chi connectivity index (χ3n) is 7.46.